The van der Waals surface area contributed by atoms with Gasteiger partial charge in [0.1, 0.15) is 6.61 Å². The molecule has 2 aromatic heterocycles. The molecular weight excluding hydrogens is 551 g/mol. The van der Waals surface area contributed by atoms with Crippen LogP contribution in [0.15, 0.2) is 70.4 Å². The van der Waals surface area contributed by atoms with Crippen LogP contribution in [-0.4, -0.2) is 27.0 Å². The molecule has 1 saturated carbocycles. The van der Waals surface area contributed by atoms with Gasteiger partial charge in [-0.05, 0) is 49.4 Å². The van der Waals surface area contributed by atoms with Crippen molar-refractivity contribution in [3.05, 3.63) is 104 Å². The Kier molecular flexibility index (Phi) is 8.06. The summed E-state index contributed by atoms with van der Waals surface area (Å²) in [4.78, 5) is 38.3. The van der Waals surface area contributed by atoms with E-state index >= 15 is 0 Å². The average molecular weight is 582 g/mol. The lowest BCUT2D eigenvalue weighted by Crippen LogP contribution is -2.33. The SMILES string of the molecule is Cc1c([C@@H](C)Nc2nn(CCNC(=O)OCc3ccccc3)c(=O)c3cc(=O)n(C4CC4)cc23)cccc1C(F)(F)F. The number of hydrogen-bond acceptors (Lipinski definition) is 6. The fourth-order valence-electron chi connectivity index (χ4n) is 4.92. The van der Waals surface area contributed by atoms with Crippen molar-refractivity contribution in [2.45, 2.75) is 58.1 Å². The number of rotatable bonds is 9. The number of carbonyl (C=O) groups is 1. The summed E-state index contributed by atoms with van der Waals surface area (Å²) in [5, 5.41) is 10.7. The van der Waals surface area contributed by atoms with Crippen LogP contribution in [0.4, 0.5) is 23.8 Å². The van der Waals surface area contributed by atoms with E-state index in [2.05, 4.69) is 15.7 Å². The molecule has 0 bridgehead atoms. The number of aromatic nitrogens is 3. The Labute approximate surface area is 238 Å². The average Bonchev–Trinajstić information content (AvgIpc) is 3.79. The summed E-state index contributed by atoms with van der Waals surface area (Å²) in [6.07, 6.45) is -1.92. The van der Waals surface area contributed by atoms with Crippen molar-refractivity contribution >= 4 is 22.7 Å². The normalized spacial score (nSPS) is 14.0. The van der Waals surface area contributed by atoms with Gasteiger partial charge < -0.3 is 19.9 Å². The van der Waals surface area contributed by atoms with Crippen molar-refractivity contribution in [1.29, 1.82) is 0 Å². The summed E-state index contributed by atoms with van der Waals surface area (Å²) in [5.74, 6) is 0.231. The topological polar surface area (TPSA) is 107 Å². The molecule has 220 valence electrons. The largest absolute Gasteiger partial charge is 0.445 e. The molecule has 2 N–H and O–H groups in total. The number of carbonyl (C=O) groups excluding carboxylic acids is 1. The Bertz CT molecular complexity index is 1730. The van der Waals surface area contributed by atoms with Crippen molar-refractivity contribution in [3.8, 4) is 0 Å². The molecule has 42 heavy (non-hydrogen) atoms. The van der Waals surface area contributed by atoms with Gasteiger partial charge in [-0.1, -0.05) is 42.5 Å². The molecular formula is C30H30F3N5O4. The van der Waals surface area contributed by atoms with Gasteiger partial charge in [0, 0.05) is 30.2 Å². The van der Waals surface area contributed by atoms with E-state index in [1.54, 1.807) is 23.8 Å². The van der Waals surface area contributed by atoms with Crippen molar-refractivity contribution in [2.24, 2.45) is 0 Å². The van der Waals surface area contributed by atoms with E-state index < -0.39 is 29.4 Å². The number of ether oxygens (including phenoxy) is 1. The zero-order valence-electron chi connectivity index (χ0n) is 23.1. The van der Waals surface area contributed by atoms with Crippen LogP contribution in [0.5, 0.6) is 0 Å². The van der Waals surface area contributed by atoms with Crippen molar-refractivity contribution in [1.82, 2.24) is 19.7 Å². The highest BCUT2D eigenvalue weighted by Gasteiger charge is 2.33. The molecule has 9 nitrogen and oxygen atoms in total. The molecule has 0 aliphatic heterocycles. The third-order valence-electron chi connectivity index (χ3n) is 7.27. The summed E-state index contributed by atoms with van der Waals surface area (Å²) >= 11 is 0. The second-order valence-electron chi connectivity index (χ2n) is 10.3. The Morgan fingerprint density at radius 2 is 1.83 bits per heavy atom. The summed E-state index contributed by atoms with van der Waals surface area (Å²) in [7, 11) is 0. The first-order chi connectivity index (χ1) is 20.0. The number of alkyl carbamates (subject to hydrolysis) is 1. The highest BCUT2D eigenvalue weighted by atomic mass is 19.4. The van der Waals surface area contributed by atoms with Crippen LogP contribution in [0.1, 0.15) is 54.1 Å². The number of halogens is 3. The molecule has 4 aromatic rings. The number of amides is 1. The molecule has 1 fully saturated rings. The van der Waals surface area contributed by atoms with Crippen LogP contribution in [0.2, 0.25) is 0 Å². The number of nitrogens with zero attached hydrogens (tertiary/aromatic N) is 3. The standard InChI is InChI=1S/C30H30F3N5O4/c1-18-22(9-6-10-25(18)30(31,32)33)19(2)35-27-24-16-37(21-11-12-21)26(39)15-23(24)28(40)38(36-27)14-13-34-29(41)42-17-20-7-4-3-5-8-20/h3-10,15-16,19,21H,11-14,17H2,1-2H3,(H,34,41)(H,35,36)/t19-/m1/s1. The highest BCUT2D eigenvalue weighted by Crippen LogP contribution is 2.36. The number of fused-ring (bicyclic) bond motifs is 1. The first kappa shape index (κ1) is 28.9. The lowest BCUT2D eigenvalue weighted by Gasteiger charge is -2.22. The highest BCUT2D eigenvalue weighted by molar-refractivity contribution is 5.90. The number of benzene rings is 2. The third kappa shape index (κ3) is 6.32. The van der Waals surface area contributed by atoms with E-state index in [0.717, 1.165) is 29.2 Å². The maximum absolute atomic E-state index is 13.6. The molecule has 0 radical (unpaired) electrons. The molecule has 0 saturated heterocycles. The minimum atomic E-state index is -4.51. The summed E-state index contributed by atoms with van der Waals surface area (Å²) in [6.45, 7) is 3.16. The Morgan fingerprint density at radius 1 is 1.10 bits per heavy atom. The van der Waals surface area contributed by atoms with Gasteiger partial charge in [0.25, 0.3) is 11.1 Å². The van der Waals surface area contributed by atoms with Crippen molar-refractivity contribution < 1.29 is 22.7 Å². The van der Waals surface area contributed by atoms with Gasteiger partial charge in [-0.3, -0.25) is 9.59 Å². The van der Waals surface area contributed by atoms with E-state index in [0.29, 0.717) is 10.9 Å². The fraction of sp³-hybridized carbons (Fsp3) is 0.333. The molecule has 1 aliphatic carbocycles. The number of alkyl halides is 3. The van der Waals surface area contributed by atoms with Gasteiger partial charge in [-0.2, -0.15) is 18.3 Å². The molecule has 1 amide bonds. The van der Waals surface area contributed by atoms with E-state index in [4.69, 9.17) is 4.74 Å². The lowest BCUT2D eigenvalue weighted by atomic mass is 9.97. The minimum absolute atomic E-state index is 0.00685. The monoisotopic (exact) mass is 581 g/mol. The van der Waals surface area contributed by atoms with E-state index in [1.807, 2.05) is 30.3 Å². The van der Waals surface area contributed by atoms with Gasteiger partial charge in [0.2, 0.25) is 0 Å². The predicted octanol–water partition coefficient (Wildman–Crippen LogP) is 5.32. The fourth-order valence-corrected chi connectivity index (χ4v) is 4.92. The Hall–Kier alpha value is -4.61. The van der Waals surface area contributed by atoms with Crippen LogP contribution >= 0.6 is 0 Å². The molecule has 1 aliphatic rings. The van der Waals surface area contributed by atoms with Crippen LogP contribution in [0.25, 0.3) is 10.8 Å². The Morgan fingerprint density at radius 3 is 2.52 bits per heavy atom. The zero-order chi connectivity index (χ0) is 30.0. The summed E-state index contributed by atoms with van der Waals surface area (Å²) in [5.41, 5.74) is -0.276. The van der Waals surface area contributed by atoms with Gasteiger partial charge in [-0.25, -0.2) is 9.48 Å². The maximum Gasteiger partial charge on any atom is 0.416 e. The minimum Gasteiger partial charge on any atom is -0.445 e. The molecule has 1 atom stereocenters. The molecule has 0 spiro atoms. The third-order valence-corrected chi connectivity index (χ3v) is 7.27. The van der Waals surface area contributed by atoms with Gasteiger partial charge >= 0.3 is 12.3 Å². The van der Waals surface area contributed by atoms with Gasteiger partial charge in [0.15, 0.2) is 5.82 Å². The molecule has 2 heterocycles. The first-order valence-corrected chi connectivity index (χ1v) is 13.6. The number of pyridine rings is 1. The first-order valence-electron chi connectivity index (χ1n) is 13.6. The second-order valence-corrected chi connectivity index (χ2v) is 10.3. The summed E-state index contributed by atoms with van der Waals surface area (Å²) in [6, 6.07) is 13.8. The van der Waals surface area contributed by atoms with E-state index in [-0.39, 0.29) is 48.1 Å². The Balaban J connectivity index is 1.42. The maximum atomic E-state index is 13.6. The molecule has 5 rings (SSSR count). The van der Waals surface area contributed by atoms with Crippen LogP contribution < -0.4 is 21.8 Å². The van der Waals surface area contributed by atoms with Gasteiger partial charge in [0.05, 0.1) is 23.5 Å². The number of anilines is 1. The number of hydrogen-bond donors (Lipinski definition) is 2. The smallest absolute Gasteiger partial charge is 0.416 e. The predicted molar refractivity (Wildman–Crippen MR) is 151 cm³/mol. The molecule has 12 heteroatoms. The van der Waals surface area contributed by atoms with Crippen molar-refractivity contribution in [2.75, 3.05) is 11.9 Å². The van der Waals surface area contributed by atoms with E-state index in [9.17, 15) is 27.6 Å². The molecule has 0 unspecified atom stereocenters. The van der Waals surface area contributed by atoms with Crippen molar-refractivity contribution in [3.63, 3.8) is 0 Å². The molecule has 2 aromatic carbocycles. The van der Waals surface area contributed by atoms with Crippen LogP contribution in [0, 0.1) is 6.92 Å². The van der Waals surface area contributed by atoms with Crippen LogP contribution in [0.3, 0.4) is 0 Å². The second kappa shape index (κ2) is 11.7. The zero-order valence-corrected chi connectivity index (χ0v) is 23.1. The number of nitrogens with one attached hydrogen (secondary N) is 2. The van der Waals surface area contributed by atoms with Crippen LogP contribution in [-0.2, 0) is 24.1 Å². The summed E-state index contributed by atoms with van der Waals surface area (Å²) < 4.78 is 48.5. The van der Waals surface area contributed by atoms with Gasteiger partial charge in [-0.15, -0.1) is 0 Å². The van der Waals surface area contributed by atoms with E-state index in [1.165, 1.54) is 19.1 Å². The quantitative estimate of drug-likeness (QED) is 0.277. The lowest BCUT2D eigenvalue weighted by molar-refractivity contribution is -0.138.